The van der Waals surface area contributed by atoms with Crippen LogP contribution in [0.15, 0.2) is 35.1 Å². The molecule has 166 valence electrons. The van der Waals surface area contributed by atoms with Gasteiger partial charge in [-0.2, -0.15) is 0 Å². The number of carbonyl (C=O) groups excluding carboxylic acids is 1. The van der Waals surface area contributed by atoms with Crippen molar-refractivity contribution in [1.82, 2.24) is 19.8 Å². The number of benzene rings is 1. The summed E-state index contributed by atoms with van der Waals surface area (Å²) in [6, 6.07) is 8.77. The molecule has 1 aromatic heterocycles. The van der Waals surface area contributed by atoms with Gasteiger partial charge in [0.2, 0.25) is 0 Å². The lowest BCUT2D eigenvalue weighted by molar-refractivity contribution is 0.0115. The number of amides is 1. The van der Waals surface area contributed by atoms with Gasteiger partial charge in [0.1, 0.15) is 6.33 Å². The highest BCUT2D eigenvalue weighted by Crippen LogP contribution is 2.34. The molecule has 2 aromatic rings. The number of carbonyl (C=O) groups is 1. The largest absolute Gasteiger partial charge is 0.338 e. The molecule has 4 rings (SSSR count). The first-order valence-electron chi connectivity index (χ1n) is 11.4. The second-order valence-electron chi connectivity index (χ2n) is 9.47. The summed E-state index contributed by atoms with van der Waals surface area (Å²) in [6.07, 6.45) is 7.29. The molecular weight excluding hydrogens is 452 g/mol. The minimum atomic E-state index is 0.0888. The van der Waals surface area contributed by atoms with Crippen LogP contribution < -0.4 is 0 Å². The molecular formula is C25H33BrN4O. The Bertz CT molecular complexity index is 893. The number of nitrogens with zero attached hydrogens (tertiary/aromatic N) is 4. The topological polar surface area (TPSA) is 49.3 Å². The second kappa shape index (κ2) is 9.37. The minimum Gasteiger partial charge on any atom is -0.338 e. The predicted octanol–water partition coefficient (Wildman–Crippen LogP) is 4.81. The van der Waals surface area contributed by atoms with Crippen molar-refractivity contribution in [1.29, 1.82) is 0 Å². The van der Waals surface area contributed by atoms with Crippen molar-refractivity contribution in [3.63, 3.8) is 0 Å². The fourth-order valence-electron chi connectivity index (χ4n) is 5.20. The third kappa shape index (κ3) is 5.01. The summed E-state index contributed by atoms with van der Waals surface area (Å²) in [7, 11) is 0. The van der Waals surface area contributed by atoms with Crippen LogP contribution in [0, 0.1) is 19.8 Å². The molecule has 5 nitrogen and oxygen atoms in total. The Morgan fingerprint density at radius 2 is 1.61 bits per heavy atom. The highest BCUT2D eigenvalue weighted by Gasteiger charge is 2.38. The van der Waals surface area contributed by atoms with Crippen molar-refractivity contribution in [2.45, 2.75) is 58.4 Å². The third-order valence-corrected chi connectivity index (χ3v) is 7.91. The zero-order valence-corrected chi connectivity index (χ0v) is 20.5. The van der Waals surface area contributed by atoms with Gasteiger partial charge >= 0.3 is 0 Å². The molecule has 1 aromatic carbocycles. The Hall–Kier alpha value is -1.79. The molecule has 0 unspecified atom stereocenters. The molecule has 31 heavy (non-hydrogen) atoms. The van der Waals surface area contributed by atoms with Crippen LogP contribution in [0.25, 0.3) is 0 Å². The Labute approximate surface area is 194 Å². The molecule has 0 saturated carbocycles. The monoisotopic (exact) mass is 484 g/mol. The lowest BCUT2D eigenvalue weighted by atomic mass is 9.83. The lowest BCUT2D eigenvalue weighted by Gasteiger charge is -2.49. The molecule has 0 bridgehead atoms. The van der Waals surface area contributed by atoms with Crippen molar-refractivity contribution in [2.24, 2.45) is 5.92 Å². The van der Waals surface area contributed by atoms with Crippen LogP contribution in [0.4, 0.5) is 0 Å². The van der Waals surface area contributed by atoms with Crippen LogP contribution in [0.5, 0.6) is 0 Å². The van der Waals surface area contributed by atoms with Crippen LogP contribution in [0.1, 0.15) is 59.9 Å². The van der Waals surface area contributed by atoms with Crippen LogP contribution >= 0.6 is 15.9 Å². The number of aromatic nitrogens is 2. The Kier molecular flexibility index (Phi) is 6.77. The van der Waals surface area contributed by atoms with Gasteiger partial charge < -0.3 is 4.90 Å². The summed E-state index contributed by atoms with van der Waals surface area (Å²) in [4.78, 5) is 26.2. The Morgan fingerprint density at radius 1 is 1.03 bits per heavy atom. The smallest absolute Gasteiger partial charge is 0.257 e. The highest BCUT2D eigenvalue weighted by atomic mass is 79.9. The van der Waals surface area contributed by atoms with Crippen molar-refractivity contribution in [3.8, 4) is 0 Å². The van der Waals surface area contributed by atoms with Gasteiger partial charge in [-0.3, -0.25) is 9.69 Å². The first-order valence-corrected chi connectivity index (χ1v) is 12.2. The number of rotatable bonds is 4. The quantitative estimate of drug-likeness (QED) is 0.624. The second-order valence-corrected chi connectivity index (χ2v) is 10.4. The normalized spacial score (nSPS) is 20.1. The van der Waals surface area contributed by atoms with Crippen molar-refractivity contribution >= 4 is 21.8 Å². The molecule has 2 aliphatic heterocycles. The average Bonchev–Trinajstić information content (AvgIpc) is 2.76. The average molecular weight is 485 g/mol. The zero-order valence-electron chi connectivity index (χ0n) is 18.9. The van der Waals surface area contributed by atoms with Gasteiger partial charge in [0.25, 0.3) is 5.91 Å². The minimum absolute atomic E-state index is 0.0888. The van der Waals surface area contributed by atoms with Crippen molar-refractivity contribution in [3.05, 3.63) is 57.6 Å². The zero-order chi connectivity index (χ0) is 22.0. The van der Waals surface area contributed by atoms with Crippen molar-refractivity contribution < 1.29 is 4.79 Å². The van der Waals surface area contributed by atoms with E-state index in [2.05, 4.69) is 62.0 Å². The van der Waals surface area contributed by atoms with Gasteiger partial charge in [0.15, 0.2) is 0 Å². The molecule has 3 heterocycles. The molecule has 0 atom stereocenters. The molecule has 2 saturated heterocycles. The molecule has 6 heteroatoms. The van der Waals surface area contributed by atoms with Crippen LogP contribution in [-0.4, -0.2) is 57.4 Å². The summed E-state index contributed by atoms with van der Waals surface area (Å²) in [5.74, 6) is 0.859. The van der Waals surface area contributed by atoms with Gasteiger partial charge in [-0.1, -0.05) is 28.1 Å². The van der Waals surface area contributed by atoms with Crippen LogP contribution in [0.3, 0.4) is 0 Å². The number of aryl methyl sites for hydroxylation is 2. The third-order valence-electron chi connectivity index (χ3n) is 7.38. The van der Waals surface area contributed by atoms with Crippen LogP contribution in [-0.2, 0) is 6.42 Å². The van der Waals surface area contributed by atoms with E-state index in [4.69, 9.17) is 0 Å². The van der Waals surface area contributed by atoms with E-state index in [0.717, 1.165) is 60.8 Å². The van der Waals surface area contributed by atoms with Crippen molar-refractivity contribution in [2.75, 3.05) is 26.2 Å². The summed E-state index contributed by atoms with van der Waals surface area (Å²) < 4.78 is 1.15. The molecule has 0 N–H and O–H groups in total. The summed E-state index contributed by atoms with van der Waals surface area (Å²) >= 11 is 3.52. The van der Waals surface area contributed by atoms with E-state index in [0.29, 0.717) is 5.56 Å². The number of likely N-dealkylation sites (tertiary alicyclic amines) is 2. The first-order chi connectivity index (χ1) is 14.9. The van der Waals surface area contributed by atoms with E-state index in [9.17, 15) is 4.79 Å². The fraction of sp³-hybridized carbons (Fsp3) is 0.560. The molecule has 2 aliphatic rings. The van der Waals surface area contributed by atoms with E-state index in [1.807, 2.05) is 18.7 Å². The van der Waals surface area contributed by atoms with E-state index < -0.39 is 0 Å². The maximum absolute atomic E-state index is 13.1. The van der Waals surface area contributed by atoms with Gasteiger partial charge in [-0.15, -0.1) is 0 Å². The molecule has 0 spiro atoms. The number of hydrogen-bond acceptors (Lipinski definition) is 4. The summed E-state index contributed by atoms with van der Waals surface area (Å²) in [5, 5.41) is 0. The molecule has 1 amide bonds. The SMILES string of the molecule is Cc1ncnc(C)c1C(=O)N1CCC(C)(N2CCC(Cc3ccc(Br)cc3)CC2)CC1. The summed E-state index contributed by atoms with van der Waals surface area (Å²) in [6.45, 7) is 10.1. The molecule has 0 aliphatic carbocycles. The fourth-order valence-corrected chi connectivity index (χ4v) is 5.46. The molecule has 0 radical (unpaired) electrons. The van der Waals surface area contributed by atoms with E-state index >= 15 is 0 Å². The lowest BCUT2D eigenvalue weighted by Crippen LogP contribution is -2.56. The molecule has 2 fully saturated rings. The standard InChI is InChI=1S/C25H33BrN4O/c1-18-23(19(2)28-17-27-18)24(31)29-14-10-25(3,11-15-29)30-12-8-21(9-13-30)16-20-4-6-22(26)7-5-20/h4-7,17,21H,8-16H2,1-3H3. The summed E-state index contributed by atoms with van der Waals surface area (Å²) in [5.41, 5.74) is 3.86. The van der Waals surface area contributed by atoms with E-state index in [1.54, 1.807) is 0 Å². The van der Waals surface area contributed by atoms with Gasteiger partial charge in [-0.25, -0.2) is 9.97 Å². The Balaban J connectivity index is 1.31. The van der Waals surface area contributed by atoms with E-state index in [1.165, 1.54) is 31.2 Å². The number of piperidine rings is 2. The number of hydrogen-bond donors (Lipinski definition) is 0. The number of halogens is 1. The maximum Gasteiger partial charge on any atom is 0.257 e. The van der Waals surface area contributed by atoms with Gasteiger partial charge in [0, 0.05) is 23.1 Å². The van der Waals surface area contributed by atoms with Gasteiger partial charge in [-0.05, 0) is 89.6 Å². The highest BCUT2D eigenvalue weighted by molar-refractivity contribution is 9.10. The predicted molar refractivity (Wildman–Crippen MR) is 127 cm³/mol. The van der Waals surface area contributed by atoms with E-state index in [-0.39, 0.29) is 11.4 Å². The van der Waals surface area contributed by atoms with Crippen LogP contribution in [0.2, 0.25) is 0 Å². The maximum atomic E-state index is 13.1. The first kappa shape index (κ1) is 22.4. The Morgan fingerprint density at radius 3 is 2.19 bits per heavy atom. The van der Waals surface area contributed by atoms with Gasteiger partial charge in [0.05, 0.1) is 17.0 Å².